The van der Waals surface area contributed by atoms with Gasteiger partial charge in [0.25, 0.3) is 5.91 Å². The Hall–Kier alpha value is -2.40. The minimum Gasteiger partial charge on any atom is -0.393 e. The molecular formula is C20H24N2O3. The Bertz CT molecular complexity index is 722. The van der Waals surface area contributed by atoms with Crippen LogP contribution < -0.4 is 0 Å². The van der Waals surface area contributed by atoms with Crippen LogP contribution in [0.5, 0.6) is 0 Å². The van der Waals surface area contributed by atoms with Gasteiger partial charge in [-0.05, 0) is 31.0 Å². The highest BCUT2D eigenvalue weighted by Gasteiger charge is 2.26. The average molecular weight is 340 g/mol. The maximum Gasteiger partial charge on any atom is 0.253 e. The fourth-order valence-corrected chi connectivity index (χ4v) is 3.45. The van der Waals surface area contributed by atoms with Crippen molar-refractivity contribution in [2.24, 2.45) is 5.92 Å². The van der Waals surface area contributed by atoms with Gasteiger partial charge in [-0.3, -0.25) is 9.59 Å². The molecule has 25 heavy (non-hydrogen) atoms. The second kappa shape index (κ2) is 7.66. The third-order valence-corrected chi connectivity index (χ3v) is 4.98. The maximum absolute atomic E-state index is 12.6. The first-order valence-corrected chi connectivity index (χ1v) is 8.77. The fraction of sp³-hybridized carbons (Fsp3) is 0.400. The van der Waals surface area contributed by atoms with E-state index in [0.29, 0.717) is 23.2 Å². The van der Waals surface area contributed by atoms with E-state index < -0.39 is 0 Å². The van der Waals surface area contributed by atoms with Crippen LogP contribution in [0.4, 0.5) is 0 Å². The number of carbonyl (C=O) groups excluding carboxylic acids is 2. The topological polar surface area (TPSA) is 73.4 Å². The van der Waals surface area contributed by atoms with Crippen LogP contribution in [0.1, 0.15) is 52.0 Å². The second-order valence-corrected chi connectivity index (χ2v) is 6.80. The van der Waals surface area contributed by atoms with E-state index in [1.165, 1.54) is 0 Å². The zero-order valence-corrected chi connectivity index (χ0v) is 14.4. The molecule has 1 amide bonds. The number of aliphatic hydroxyl groups is 1. The Labute approximate surface area is 147 Å². The number of aliphatic hydroxyl groups excluding tert-OH is 1. The van der Waals surface area contributed by atoms with Crippen molar-refractivity contribution < 1.29 is 14.7 Å². The molecule has 3 rings (SSSR count). The zero-order chi connectivity index (χ0) is 17.8. The Kier molecular flexibility index (Phi) is 5.34. The van der Waals surface area contributed by atoms with Gasteiger partial charge in [-0.2, -0.15) is 0 Å². The predicted molar refractivity (Wildman–Crippen MR) is 95.6 cm³/mol. The number of hydrogen-bond donors (Lipinski definition) is 2. The van der Waals surface area contributed by atoms with Crippen molar-refractivity contribution in [1.29, 1.82) is 0 Å². The first-order chi connectivity index (χ1) is 12.1. The number of aromatic nitrogens is 1. The second-order valence-electron chi connectivity index (χ2n) is 6.80. The molecule has 2 unspecified atom stereocenters. The fourth-order valence-electron chi connectivity index (χ4n) is 3.45. The Balaban J connectivity index is 1.64. The molecule has 1 aliphatic carbocycles. The standard InChI is InChI=1S/C20H24N2O3/c1-22(13-17-4-2-3-5-18(17)23)20(25)15-8-6-14(7-9-15)19(24)16-10-11-21-12-16/h6-12,17-18,21,23H,2-5,13H2,1H3. The van der Waals surface area contributed by atoms with E-state index in [4.69, 9.17) is 0 Å². The van der Waals surface area contributed by atoms with Gasteiger partial charge in [0, 0.05) is 48.6 Å². The van der Waals surface area contributed by atoms with Crippen LogP contribution in [-0.4, -0.2) is 46.4 Å². The maximum atomic E-state index is 12.6. The third-order valence-electron chi connectivity index (χ3n) is 4.98. The summed E-state index contributed by atoms with van der Waals surface area (Å²) < 4.78 is 0. The van der Waals surface area contributed by atoms with Gasteiger partial charge in [0.2, 0.25) is 0 Å². The lowest BCUT2D eigenvalue weighted by Crippen LogP contribution is -2.38. The van der Waals surface area contributed by atoms with Crippen LogP contribution >= 0.6 is 0 Å². The normalized spacial score (nSPS) is 20.2. The summed E-state index contributed by atoms with van der Waals surface area (Å²) in [6, 6.07) is 8.48. The Morgan fingerprint density at radius 3 is 2.40 bits per heavy atom. The Morgan fingerprint density at radius 1 is 1.08 bits per heavy atom. The average Bonchev–Trinajstić information content (AvgIpc) is 3.17. The molecule has 1 fully saturated rings. The lowest BCUT2D eigenvalue weighted by molar-refractivity contribution is 0.0451. The molecule has 0 bridgehead atoms. The highest BCUT2D eigenvalue weighted by molar-refractivity contribution is 6.09. The number of ketones is 1. The van der Waals surface area contributed by atoms with Crippen molar-refractivity contribution in [2.75, 3.05) is 13.6 Å². The molecule has 0 saturated heterocycles. The summed E-state index contributed by atoms with van der Waals surface area (Å²) in [5, 5.41) is 10.1. The van der Waals surface area contributed by atoms with Gasteiger partial charge >= 0.3 is 0 Å². The lowest BCUT2D eigenvalue weighted by Gasteiger charge is -2.31. The summed E-state index contributed by atoms with van der Waals surface area (Å²) in [6.07, 6.45) is 7.01. The summed E-state index contributed by atoms with van der Waals surface area (Å²) in [6.45, 7) is 0.560. The number of nitrogens with one attached hydrogen (secondary N) is 1. The van der Waals surface area contributed by atoms with Crippen molar-refractivity contribution in [3.63, 3.8) is 0 Å². The molecule has 2 N–H and O–H groups in total. The smallest absolute Gasteiger partial charge is 0.253 e. The van der Waals surface area contributed by atoms with Crippen molar-refractivity contribution in [1.82, 2.24) is 9.88 Å². The van der Waals surface area contributed by atoms with Crippen molar-refractivity contribution in [2.45, 2.75) is 31.8 Å². The molecule has 1 aliphatic rings. The molecule has 1 aromatic heterocycles. The van der Waals surface area contributed by atoms with Crippen LogP contribution in [0, 0.1) is 5.92 Å². The highest BCUT2D eigenvalue weighted by Crippen LogP contribution is 2.25. The number of H-pyrrole nitrogens is 1. The van der Waals surface area contributed by atoms with Crippen molar-refractivity contribution in [3.8, 4) is 0 Å². The van der Waals surface area contributed by atoms with E-state index in [-0.39, 0.29) is 23.7 Å². The number of carbonyl (C=O) groups is 2. The molecule has 132 valence electrons. The molecule has 1 heterocycles. The first-order valence-electron chi connectivity index (χ1n) is 8.77. The van der Waals surface area contributed by atoms with Crippen LogP contribution in [0.15, 0.2) is 42.7 Å². The van der Waals surface area contributed by atoms with E-state index >= 15 is 0 Å². The third kappa shape index (κ3) is 3.99. The van der Waals surface area contributed by atoms with Gasteiger partial charge in [-0.25, -0.2) is 0 Å². The van der Waals surface area contributed by atoms with Crippen LogP contribution in [0.2, 0.25) is 0 Å². The lowest BCUT2D eigenvalue weighted by atomic mass is 9.86. The first kappa shape index (κ1) is 17.4. The van der Waals surface area contributed by atoms with E-state index in [0.717, 1.165) is 25.7 Å². The van der Waals surface area contributed by atoms with Gasteiger partial charge in [-0.1, -0.05) is 25.0 Å². The summed E-state index contributed by atoms with van der Waals surface area (Å²) in [5.41, 5.74) is 1.71. The van der Waals surface area contributed by atoms with Crippen LogP contribution in [0.25, 0.3) is 0 Å². The van der Waals surface area contributed by atoms with Gasteiger partial charge in [0.15, 0.2) is 5.78 Å². The van der Waals surface area contributed by atoms with Gasteiger partial charge in [0.05, 0.1) is 6.10 Å². The molecule has 5 heteroatoms. The van der Waals surface area contributed by atoms with Crippen molar-refractivity contribution >= 4 is 11.7 Å². The Morgan fingerprint density at radius 2 is 1.76 bits per heavy atom. The molecule has 1 aromatic carbocycles. The van der Waals surface area contributed by atoms with Crippen molar-refractivity contribution in [3.05, 3.63) is 59.4 Å². The van der Waals surface area contributed by atoms with Gasteiger partial charge in [0.1, 0.15) is 0 Å². The minimum atomic E-state index is -0.314. The van der Waals surface area contributed by atoms with E-state index in [1.54, 1.807) is 54.7 Å². The number of benzene rings is 1. The van der Waals surface area contributed by atoms with Crippen LogP contribution in [0.3, 0.4) is 0 Å². The van der Waals surface area contributed by atoms with E-state index in [2.05, 4.69) is 4.98 Å². The summed E-state index contributed by atoms with van der Waals surface area (Å²) >= 11 is 0. The zero-order valence-electron chi connectivity index (χ0n) is 14.4. The number of aromatic amines is 1. The number of rotatable bonds is 5. The van der Waals surface area contributed by atoms with Crippen LogP contribution in [-0.2, 0) is 0 Å². The quantitative estimate of drug-likeness (QED) is 0.822. The van der Waals surface area contributed by atoms with E-state index in [9.17, 15) is 14.7 Å². The SMILES string of the molecule is CN(CC1CCCCC1O)C(=O)c1ccc(C(=O)c2cc[nH]c2)cc1. The summed E-state index contributed by atoms with van der Waals surface area (Å²) in [7, 11) is 1.77. The predicted octanol–water partition coefficient (Wildman–Crippen LogP) is 2.87. The van der Waals surface area contributed by atoms with Gasteiger partial charge < -0.3 is 15.0 Å². The molecular weight excluding hydrogens is 316 g/mol. The monoisotopic (exact) mass is 340 g/mol. The largest absolute Gasteiger partial charge is 0.393 e. The highest BCUT2D eigenvalue weighted by atomic mass is 16.3. The molecule has 0 aliphatic heterocycles. The molecule has 0 radical (unpaired) electrons. The minimum absolute atomic E-state index is 0.0704. The number of nitrogens with zero attached hydrogens (tertiary/aromatic N) is 1. The number of hydrogen-bond acceptors (Lipinski definition) is 3. The van der Waals surface area contributed by atoms with Gasteiger partial charge in [-0.15, -0.1) is 0 Å². The molecule has 1 saturated carbocycles. The summed E-state index contributed by atoms with van der Waals surface area (Å²) in [5.74, 6) is -0.00510. The molecule has 2 atom stereocenters. The molecule has 5 nitrogen and oxygen atoms in total. The molecule has 0 spiro atoms. The van der Waals surface area contributed by atoms with E-state index in [1.807, 2.05) is 0 Å². The molecule has 2 aromatic rings. The summed E-state index contributed by atoms with van der Waals surface area (Å²) in [4.78, 5) is 29.4. The number of amides is 1.